The number of benzene rings is 1. The molecule has 0 aliphatic carbocycles. The summed E-state index contributed by atoms with van der Waals surface area (Å²) in [7, 11) is 0. The maximum atomic E-state index is 5.23. The third-order valence-electron chi connectivity index (χ3n) is 4.07. The van der Waals surface area contributed by atoms with E-state index in [9.17, 15) is 0 Å². The van der Waals surface area contributed by atoms with E-state index in [1.807, 2.05) is 29.8 Å². The Kier molecular flexibility index (Phi) is 4.07. The van der Waals surface area contributed by atoms with Gasteiger partial charge in [-0.1, -0.05) is 35.5 Å². The van der Waals surface area contributed by atoms with Gasteiger partial charge in [-0.05, 0) is 18.9 Å². The molecule has 0 saturated heterocycles. The summed E-state index contributed by atoms with van der Waals surface area (Å²) in [4.78, 5) is 12.5. The molecular formula is C17H17N7O. The minimum absolute atomic E-state index is 0.0535. The third-order valence-corrected chi connectivity index (χ3v) is 4.07. The highest BCUT2D eigenvalue weighted by atomic mass is 16.5. The normalized spacial score (nSPS) is 12.4. The van der Waals surface area contributed by atoms with Gasteiger partial charge in [0.05, 0.1) is 11.7 Å². The highest BCUT2D eigenvalue weighted by Crippen LogP contribution is 2.28. The summed E-state index contributed by atoms with van der Waals surface area (Å²) < 4.78 is 7.05. The van der Waals surface area contributed by atoms with Crippen LogP contribution in [-0.4, -0.2) is 29.9 Å². The van der Waals surface area contributed by atoms with Gasteiger partial charge in [0.25, 0.3) is 5.71 Å². The maximum absolute atomic E-state index is 5.23. The molecule has 3 aromatic heterocycles. The van der Waals surface area contributed by atoms with Gasteiger partial charge in [0.2, 0.25) is 0 Å². The van der Waals surface area contributed by atoms with Crippen LogP contribution >= 0.6 is 0 Å². The van der Waals surface area contributed by atoms with Gasteiger partial charge >= 0.3 is 0 Å². The van der Waals surface area contributed by atoms with Gasteiger partial charge in [0.15, 0.2) is 0 Å². The minimum atomic E-state index is 0.0535. The molecular weight excluding hydrogens is 318 g/mol. The summed E-state index contributed by atoms with van der Waals surface area (Å²) in [5.41, 5.74) is 2.42. The topological polar surface area (TPSA) is 94.6 Å². The number of aromatic nitrogens is 6. The zero-order valence-corrected chi connectivity index (χ0v) is 13.7. The second-order valence-electron chi connectivity index (χ2n) is 5.73. The minimum Gasteiger partial charge on any atom is -0.362 e. The quantitative estimate of drug-likeness (QED) is 0.579. The van der Waals surface area contributed by atoms with Crippen LogP contribution < -0.4 is 5.32 Å². The third kappa shape index (κ3) is 3.18. The van der Waals surface area contributed by atoms with Crippen molar-refractivity contribution >= 4 is 16.9 Å². The Hall–Kier alpha value is -3.29. The van der Waals surface area contributed by atoms with Crippen LogP contribution in [0.4, 0.5) is 5.82 Å². The Morgan fingerprint density at radius 3 is 2.84 bits per heavy atom. The van der Waals surface area contributed by atoms with Crippen LogP contribution in [-0.2, 0) is 6.54 Å². The van der Waals surface area contributed by atoms with Crippen molar-refractivity contribution in [3.8, 4) is 0 Å². The fraction of sp³-hybridized carbons (Fsp3) is 0.235. The molecule has 1 atom stereocenters. The highest BCUT2D eigenvalue weighted by molar-refractivity contribution is 5.87. The number of fused-ring (bicyclic) bond motifs is 1. The van der Waals surface area contributed by atoms with Gasteiger partial charge in [-0.2, -0.15) is 10.1 Å². The van der Waals surface area contributed by atoms with Crippen molar-refractivity contribution in [1.29, 1.82) is 0 Å². The summed E-state index contributed by atoms with van der Waals surface area (Å²) in [6.45, 7) is 2.62. The maximum Gasteiger partial charge on any atom is 0.263 e. The molecule has 0 radical (unpaired) electrons. The summed E-state index contributed by atoms with van der Waals surface area (Å²) in [5, 5.41) is 12.5. The molecule has 3 heterocycles. The van der Waals surface area contributed by atoms with E-state index < -0.39 is 0 Å². The van der Waals surface area contributed by atoms with Gasteiger partial charge in [-0.15, -0.1) is 0 Å². The molecule has 0 bridgehead atoms. The van der Waals surface area contributed by atoms with Crippen LogP contribution in [0.5, 0.6) is 0 Å². The van der Waals surface area contributed by atoms with Crippen molar-refractivity contribution < 1.29 is 4.52 Å². The average Bonchev–Trinajstić information content (AvgIpc) is 3.30. The molecule has 8 heteroatoms. The van der Waals surface area contributed by atoms with Crippen molar-refractivity contribution in [2.24, 2.45) is 0 Å². The van der Waals surface area contributed by atoms with Crippen LogP contribution in [0.25, 0.3) is 11.1 Å². The number of hydrogen-bond acceptors (Lipinski definition) is 7. The highest BCUT2D eigenvalue weighted by Gasteiger charge is 2.17. The molecule has 8 nitrogen and oxygen atoms in total. The molecule has 25 heavy (non-hydrogen) atoms. The summed E-state index contributed by atoms with van der Waals surface area (Å²) in [6, 6.07) is 10.3. The Morgan fingerprint density at radius 2 is 2.04 bits per heavy atom. The Balaban J connectivity index is 1.64. The van der Waals surface area contributed by atoms with Gasteiger partial charge in [-0.3, -0.25) is 4.68 Å². The van der Waals surface area contributed by atoms with E-state index in [2.05, 4.69) is 42.7 Å². The lowest BCUT2D eigenvalue weighted by Gasteiger charge is -2.20. The lowest BCUT2D eigenvalue weighted by Crippen LogP contribution is -2.15. The molecule has 1 unspecified atom stereocenters. The van der Waals surface area contributed by atoms with Gasteiger partial charge in [-0.25, -0.2) is 9.97 Å². The number of anilines is 1. The number of aryl methyl sites for hydroxylation is 2. The SMILES string of the molecule is Cc1noc2ncnc(NC(CCn3cncn3)c3ccccc3)c12. The first kappa shape index (κ1) is 15.3. The first-order chi connectivity index (χ1) is 12.3. The van der Waals surface area contributed by atoms with E-state index in [1.165, 1.54) is 11.9 Å². The fourth-order valence-corrected chi connectivity index (χ4v) is 2.81. The largest absolute Gasteiger partial charge is 0.362 e. The van der Waals surface area contributed by atoms with Crippen LogP contribution in [0.1, 0.15) is 23.7 Å². The first-order valence-electron chi connectivity index (χ1n) is 8.02. The molecule has 4 rings (SSSR count). The smallest absolute Gasteiger partial charge is 0.263 e. The predicted octanol–water partition coefficient (Wildman–Crippen LogP) is 2.76. The lowest BCUT2D eigenvalue weighted by molar-refractivity contribution is 0.442. The zero-order chi connectivity index (χ0) is 17.1. The molecule has 0 aliphatic heterocycles. The van der Waals surface area contributed by atoms with Crippen LogP contribution in [0, 0.1) is 6.92 Å². The Bertz CT molecular complexity index is 950. The molecule has 126 valence electrons. The molecule has 0 aliphatic rings. The molecule has 0 saturated carbocycles. The number of nitrogens with zero attached hydrogens (tertiary/aromatic N) is 6. The molecule has 1 N–H and O–H groups in total. The van der Waals surface area contributed by atoms with Crippen molar-refractivity contribution in [2.75, 3.05) is 5.32 Å². The van der Waals surface area contributed by atoms with Crippen molar-refractivity contribution in [3.05, 3.63) is 60.6 Å². The summed E-state index contributed by atoms with van der Waals surface area (Å²) in [6.07, 6.45) is 5.56. The lowest BCUT2D eigenvalue weighted by atomic mass is 10.0. The summed E-state index contributed by atoms with van der Waals surface area (Å²) in [5.74, 6) is 0.719. The van der Waals surface area contributed by atoms with Crippen molar-refractivity contribution in [1.82, 2.24) is 29.9 Å². The molecule has 0 amide bonds. The predicted molar refractivity (Wildman–Crippen MR) is 91.8 cm³/mol. The van der Waals surface area contributed by atoms with E-state index in [1.54, 1.807) is 12.7 Å². The molecule has 0 spiro atoms. The van der Waals surface area contributed by atoms with Crippen LogP contribution in [0.2, 0.25) is 0 Å². The van der Waals surface area contributed by atoms with Gasteiger partial charge in [0.1, 0.15) is 30.2 Å². The Labute approximate surface area is 143 Å². The van der Waals surface area contributed by atoms with E-state index in [-0.39, 0.29) is 6.04 Å². The Morgan fingerprint density at radius 1 is 1.16 bits per heavy atom. The standard InChI is InChI=1S/C17H17N7O/c1-12-15-16(19-10-20-17(15)25-23-12)22-14(13-5-3-2-4-6-13)7-8-24-11-18-9-21-24/h2-6,9-11,14H,7-8H2,1H3,(H,19,20,22). The van der Waals surface area contributed by atoms with E-state index in [0.29, 0.717) is 5.71 Å². The number of rotatable bonds is 6. The number of hydrogen-bond donors (Lipinski definition) is 1. The second kappa shape index (κ2) is 6.68. The molecule has 1 aromatic carbocycles. The van der Waals surface area contributed by atoms with Crippen LogP contribution in [0.3, 0.4) is 0 Å². The number of nitrogens with one attached hydrogen (secondary N) is 1. The van der Waals surface area contributed by atoms with Gasteiger partial charge in [0, 0.05) is 6.54 Å². The average molecular weight is 335 g/mol. The van der Waals surface area contributed by atoms with Gasteiger partial charge < -0.3 is 9.84 Å². The molecule has 0 fully saturated rings. The van der Waals surface area contributed by atoms with Crippen LogP contribution in [0.15, 0.2) is 53.8 Å². The second-order valence-corrected chi connectivity index (χ2v) is 5.73. The van der Waals surface area contributed by atoms with Crippen molar-refractivity contribution in [2.45, 2.75) is 25.9 Å². The molecule has 4 aromatic rings. The first-order valence-corrected chi connectivity index (χ1v) is 8.02. The van der Waals surface area contributed by atoms with E-state index in [0.717, 1.165) is 29.9 Å². The fourth-order valence-electron chi connectivity index (χ4n) is 2.81. The van der Waals surface area contributed by atoms with Crippen molar-refractivity contribution in [3.63, 3.8) is 0 Å². The summed E-state index contributed by atoms with van der Waals surface area (Å²) >= 11 is 0. The zero-order valence-electron chi connectivity index (χ0n) is 13.7. The monoisotopic (exact) mass is 335 g/mol. The van der Waals surface area contributed by atoms with E-state index >= 15 is 0 Å². The van der Waals surface area contributed by atoms with E-state index in [4.69, 9.17) is 4.52 Å².